The highest BCUT2D eigenvalue weighted by molar-refractivity contribution is 4.94. The Morgan fingerprint density at radius 3 is 2.38 bits per heavy atom. The minimum absolute atomic E-state index is 0.683. The van der Waals surface area contributed by atoms with Gasteiger partial charge in [0.1, 0.15) is 0 Å². The number of hydrogen-bond donors (Lipinski definition) is 1. The van der Waals surface area contributed by atoms with Crippen molar-refractivity contribution in [2.75, 3.05) is 13.6 Å². The van der Waals surface area contributed by atoms with Crippen molar-refractivity contribution < 1.29 is 0 Å². The Bertz CT molecular complexity index is 154. The molecule has 2 nitrogen and oxygen atoms in total. The van der Waals surface area contributed by atoms with E-state index in [1.54, 1.807) is 0 Å². The standard InChI is InChI=1S/C11H24N2/c1-6-10-9(4)13(8(2)3)7-11(10)12-5/h8-12H,6-7H2,1-5H3. The zero-order chi connectivity index (χ0) is 10.0. The minimum atomic E-state index is 0.683. The highest BCUT2D eigenvalue weighted by atomic mass is 15.2. The van der Waals surface area contributed by atoms with Crippen molar-refractivity contribution in [3.8, 4) is 0 Å². The van der Waals surface area contributed by atoms with E-state index in [4.69, 9.17) is 0 Å². The summed E-state index contributed by atoms with van der Waals surface area (Å²) in [5.74, 6) is 0.826. The predicted octanol–water partition coefficient (Wildman–Crippen LogP) is 1.71. The molecule has 0 spiro atoms. The molecule has 1 fully saturated rings. The van der Waals surface area contributed by atoms with E-state index in [0.29, 0.717) is 12.1 Å². The summed E-state index contributed by atoms with van der Waals surface area (Å²) < 4.78 is 0. The molecule has 0 aliphatic carbocycles. The van der Waals surface area contributed by atoms with Crippen LogP contribution in [0, 0.1) is 5.92 Å². The number of hydrogen-bond acceptors (Lipinski definition) is 2. The van der Waals surface area contributed by atoms with Gasteiger partial charge in [0.05, 0.1) is 0 Å². The summed E-state index contributed by atoms with van der Waals surface area (Å²) in [6, 6.07) is 2.12. The van der Waals surface area contributed by atoms with Crippen LogP contribution in [-0.2, 0) is 0 Å². The number of nitrogens with one attached hydrogen (secondary N) is 1. The van der Waals surface area contributed by atoms with Gasteiger partial charge in [-0.25, -0.2) is 0 Å². The zero-order valence-electron chi connectivity index (χ0n) is 9.67. The summed E-state index contributed by atoms with van der Waals surface area (Å²) >= 11 is 0. The second kappa shape index (κ2) is 4.43. The lowest BCUT2D eigenvalue weighted by Gasteiger charge is -2.27. The Balaban J connectivity index is 2.65. The quantitative estimate of drug-likeness (QED) is 0.718. The Morgan fingerprint density at radius 2 is 2.08 bits per heavy atom. The third kappa shape index (κ3) is 2.05. The first-order chi connectivity index (χ1) is 6.11. The molecule has 1 aliphatic rings. The molecule has 78 valence electrons. The Kier molecular flexibility index (Phi) is 3.74. The fourth-order valence-electron chi connectivity index (χ4n) is 2.72. The molecular formula is C11H24N2. The lowest BCUT2D eigenvalue weighted by molar-refractivity contribution is 0.194. The average molecular weight is 184 g/mol. The van der Waals surface area contributed by atoms with Crippen LogP contribution in [0.2, 0.25) is 0 Å². The Hall–Kier alpha value is -0.0800. The van der Waals surface area contributed by atoms with Crippen LogP contribution < -0.4 is 5.32 Å². The van der Waals surface area contributed by atoms with Crippen molar-refractivity contribution >= 4 is 0 Å². The van der Waals surface area contributed by atoms with Gasteiger partial charge in [-0.2, -0.15) is 0 Å². The molecule has 1 N–H and O–H groups in total. The summed E-state index contributed by atoms with van der Waals surface area (Å²) in [5.41, 5.74) is 0. The number of likely N-dealkylation sites (N-methyl/N-ethyl adjacent to an activating group) is 1. The molecule has 0 aromatic carbocycles. The first-order valence-corrected chi connectivity index (χ1v) is 5.54. The molecule has 1 heterocycles. The van der Waals surface area contributed by atoms with Crippen LogP contribution in [0.1, 0.15) is 34.1 Å². The highest BCUT2D eigenvalue weighted by Crippen LogP contribution is 2.28. The lowest BCUT2D eigenvalue weighted by Crippen LogP contribution is -2.35. The van der Waals surface area contributed by atoms with E-state index < -0.39 is 0 Å². The smallest absolute Gasteiger partial charge is 0.0235 e. The maximum absolute atomic E-state index is 3.44. The zero-order valence-corrected chi connectivity index (χ0v) is 9.67. The summed E-state index contributed by atoms with van der Waals surface area (Å²) in [7, 11) is 2.09. The SMILES string of the molecule is CCC1C(NC)CN(C(C)C)C1C. The largest absolute Gasteiger partial charge is 0.315 e. The molecule has 3 unspecified atom stereocenters. The Morgan fingerprint density at radius 1 is 1.46 bits per heavy atom. The molecule has 1 saturated heterocycles. The van der Waals surface area contributed by atoms with E-state index in [1.165, 1.54) is 13.0 Å². The molecule has 13 heavy (non-hydrogen) atoms. The van der Waals surface area contributed by atoms with Crippen molar-refractivity contribution in [3.63, 3.8) is 0 Å². The molecule has 2 heteroatoms. The maximum Gasteiger partial charge on any atom is 0.0235 e. The van der Waals surface area contributed by atoms with Crippen LogP contribution in [0.5, 0.6) is 0 Å². The molecule has 0 aromatic rings. The summed E-state index contributed by atoms with van der Waals surface area (Å²) in [4.78, 5) is 2.61. The topological polar surface area (TPSA) is 15.3 Å². The van der Waals surface area contributed by atoms with Gasteiger partial charge in [0.2, 0.25) is 0 Å². The van der Waals surface area contributed by atoms with Gasteiger partial charge in [-0.05, 0) is 33.7 Å². The molecule has 0 radical (unpaired) electrons. The van der Waals surface area contributed by atoms with Crippen molar-refractivity contribution in [1.82, 2.24) is 10.2 Å². The number of rotatable bonds is 3. The van der Waals surface area contributed by atoms with E-state index in [0.717, 1.165) is 12.0 Å². The van der Waals surface area contributed by atoms with Crippen LogP contribution in [0.15, 0.2) is 0 Å². The second-order valence-electron chi connectivity index (χ2n) is 4.50. The predicted molar refractivity (Wildman–Crippen MR) is 57.9 cm³/mol. The van der Waals surface area contributed by atoms with Crippen molar-refractivity contribution in [3.05, 3.63) is 0 Å². The first-order valence-electron chi connectivity index (χ1n) is 5.54. The van der Waals surface area contributed by atoms with Crippen LogP contribution >= 0.6 is 0 Å². The molecule has 0 bridgehead atoms. The summed E-state index contributed by atoms with van der Waals surface area (Å²) in [5, 5.41) is 3.44. The molecule has 0 aromatic heterocycles. The highest BCUT2D eigenvalue weighted by Gasteiger charge is 2.37. The van der Waals surface area contributed by atoms with Gasteiger partial charge in [-0.3, -0.25) is 4.90 Å². The monoisotopic (exact) mass is 184 g/mol. The van der Waals surface area contributed by atoms with Crippen molar-refractivity contribution in [2.24, 2.45) is 5.92 Å². The van der Waals surface area contributed by atoms with E-state index in [1.807, 2.05) is 0 Å². The molecular weight excluding hydrogens is 160 g/mol. The number of likely N-dealkylation sites (tertiary alicyclic amines) is 1. The van der Waals surface area contributed by atoms with Crippen molar-refractivity contribution in [1.29, 1.82) is 0 Å². The fourth-order valence-corrected chi connectivity index (χ4v) is 2.72. The van der Waals surface area contributed by atoms with Gasteiger partial charge in [0.25, 0.3) is 0 Å². The van der Waals surface area contributed by atoms with Crippen molar-refractivity contribution in [2.45, 2.75) is 52.2 Å². The van der Waals surface area contributed by atoms with Crippen LogP contribution in [-0.4, -0.2) is 36.6 Å². The van der Waals surface area contributed by atoms with Crippen LogP contribution in [0.25, 0.3) is 0 Å². The minimum Gasteiger partial charge on any atom is -0.315 e. The average Bonchev–Trinajstić information content (AvgIpc) is 2.41. The van der Waals surface area contributed by atoms with Gasteiger partial charge in [-0.1, -0.05) is 13.3 Å². The summed E-state index contributed by atoms with van der Waals surface area (Å²) in [6.45, 7) is 10.5. The van der Waals surface area contributed by atoms with E-state index >= 15 is 0 Å². The Labute approximate surface area is 82.7 Å². The molecule has 0 saturated carbocycles. The van der Waals surface area contributed by atoms with E-state index in [-0.39, 0.29) is 0 Å². The normalized spacial score (nSPS) is 36.0. The third-order valence-electron chi connectivity index (χ3n) is 3.57. The van der Waals surface area contributed by atoms with Gasteiger partial charge in [0.15, 0.2) is 0 Å². The molecule has 1 rings (SSSR count). The molecule has 1 aliphatic heterocycles. The third-order valence-corrected chi connectivity index (χ3v) is 3.57. The van der Waals surface area contributed by atoms with E-state index in [2.05, 4.69) is 45.0 Å². The molecule has 3 atom stereocenters. The summed E-state index contributed by atoms with van der Waals surface area (Å²) in [6.07, 6.45) is 1.29. The van der Waals surface area contributed by atoms with Gasteiger partial charge in [-0.15, -0.1) is 0 Å². The van der Waals surface area contributed by atoms with E-state index in [9.17, 15) is 0 Å². The fraction of sp³-hybridized carbons (Fsp3) is 1.00. The molecule has 0 amide bonds. The number of nitrogens with zero attached hydrogens (tertiary/aromatic N) is 1. The lowest BCUT2D eigenvalue weighted by atomic mass is 9.95. The van der Waals surface area contributed by atoms with Gasteiger partial charge < -0.3 is 5.32 Å². The van der Waals surface area contributed by atoms with Crippen LogP contribution in [0.4, 0.5) is 0 Å². The van der Waals surface area contributed by atoms with Gasteiger partial charge in [0, 0.05) is 24.7 Å². The van der Waals surface area contributed by atoms with Gasteiger partial charge >= 0.3 is 0 Å². The second-order valence-corrected chi connectivity index (χ2v) is 4.50. The van der Waals surface area contributed by atoms with Crippen LogP contribution in [0.3, 0.4) is 0 Å². The first kappa shape index (κ1) is 11.0. The maximum atomic E-state index is 3.44.